The number of aliphatic imine (C=N–C) groups is 1. The van der Waals surface area contributed by atoms with Gasteiger partial charge in [0.2, 0.25) is 0 Å². The van der Waals surface area contributed by atoms with Crippen LogP contribution in [0.25, 0.3) is 0 Å². The number of aromatic nitrogens is 1. The van der Waals surface area contributed by atoms with E-state index >= 15 is 0 Å². The van der Waals surface area contributed by atoms with Crippen molar-refractivity contribution in [2.45, 2.75) is 32.5 Å². The maximum atomic E-state index is 6.32. The number of rotatable bonds is 5. The molecule has 1 aliphatic heterocycles. The van der Waals surface area contributed by atoms with Crippen LogP contribution in [-0.2, 0) is 11.3 Å². The molecule has 2 unspecified atom stereocenters. The van der Waals surface area contributed by atoms with Gasteiger partial charge in [0.15, 0.2) is 5.96 Å². The first kappa shape index (κ1) is 25.0. The van der Waals surface area contributed by atoms with Crippen LogP contribution in [0.15, 0.2) is 41.5 Å². The molecule has 30 heavy (non-hydrogen) atoms. The van der Waals surface area contributed by atoms with Crippen LogP contribution in [0.2, 0.25) is 10.0 Å². The van der Waals surface area contributed by atoms with E-state index in [9.17, 15) is 0 Å². The third kappa shape index (κ3) is 6.87. The second-order valence-corrected chi connectivity index (χ2v) is 7.95. The predicted molar refractivity (Wildman–Crippen MR) is 135 cm³/mol. The fourth-order valence-electron chi connectivity index (χ4n) is 3.29. The zero-order valence-corrected chi connectivity index (χ0v) is 21.2. The first-order valence-corrected chi connectivity index (χ1v) is 10.5. The quantitative estimate of drug-likeness (QED) is 0.315. The fraction of sp³-hybridized carbons (Fsp3) is 0.429. The number of morpholine rings is 1. The average Bonchev–Trinajstić information content (AvgIpc) is 2.71. The Morgan fingerprint density at radius 2 is 2.13 bits per heavy atom. The van der Waals surface area contributed by atoms with E-state index in [1.54, 1.807) is 13.1 Å². The molecule has 6 nitrogen and oxygen atoms in total. The number of nitrogens with zero attached hydrogens (tertiary/aromatic N) is 3. The molecule has 0 bridgehead atoms. The lowest BCUT2D eigenvalue weighted by molar-refractivity contribution is 0.0529. The largest absolute Gasteiger partial charge is 0.375 e. The molecule has 2 heterocycles. The summed E-state index contributed by atoms with van der Waals surface area (Å²) in [6, 6.07) is 9.60. The summed E-state index contributed by atoms with van der Waals surface area (Å²) < 4.78 is 5.62. The van der Waals surface area contributed by atoms with Gasteiger partial charge in [0.1, 0.15) is 5.82 Å². The van der Waals surface area contributed by atoms with Crippen molar-refractivity contribution in [2.24, 2.45) is 4.99 Å². The summed E-state index contributed by atoms with van der Waals surface area (Å²) >= 11 is 12.3. The van der Waals surface area contributed by atoms with Crippen molar-refractivity contribution < 1.29 is 4.74 Å². The molecule has 1 saturated heterocycles. The van der Waals surface area contributed by atoms with Gasteiger partial charge in [0.05, 0.1) is 18.8 Å². The topological polar surface area (TPSA) is 61.8 Å². The summed E-state index contributed by atoms with van der Waals surface area (Å²) in [4.78, 5) is 11.1. The smallest absolute Gasteiger partial charge is 0.191 e. The number of ether oxygens (including phenoxy) is 1. The molecule has 0 spiro atoms. The van der Waals surface area contributed by atoms with E-state index in [2.05, 4.69) is 38.5 Å². The number of halogens is 3. The van der Waals surface area contributed by atoms with E-state index < -0.39 is 0 Å². The molecule has 0 aliphatic carbocycles. The Kier molecular flexibility index (Phi) is 9.93. The highest BCUT2D eigenvalue weighted by atomic mass is 127. The van der Waals surface area contributed by atoms with E-state index in [4.69, 9.17) is 27.9 Å². The molecule has 9 heteroatoms. The van der Waals surface area contributed by atoms with Crippen molar-refractivity contribution in [3.8, 4) is 0 Å². The van der Waals surface area contributed by atoms with Crippen LogP contribution < -0.4 is 15.5 Å². The van der Waals surface area contributed by atoms with Gasteiger partial charge in [-0.3, -0.25) is 4.99 Å². The van der Waals surface area contributed by atoms with Gasteiger partial charge in [0.25, 0.3) is 0 Å². The van der Waals surface area contributed by atoms with Gasteiger partial charge in [-0.15, -0.1) is 24.0 Å². The van der Waals surface area contributed by atoms with Crippen molar-refractivity contribution in [2.75, 3.05) is 31.6 Å². The number of pyridine rings is 1. The third-order valence-electron chi connectivity index (χ3n) is 4.84. The first-order chi connectivity index (χ1) is 14.0. The summed E-state index contributed by atoms with van der Waals surface area (Å²) in [6.07, 6.45) is 2.07. The highest BCUT2D eigenvalue weighted by Gasteiger charge is 2.18. The number of hydrogen-bond donors (Lipinski definition) is 2. The summed E-state index contributed by atoms with van der Waals surface area (Å²) in [5.41, 5.74) is 2.10. The Balaban J connectivity index is 0.00000320. The van der Waals surface area contributed by atoms with Gasteiger partial charge < -0.3 is 20.3 Å². The minimum atomic E-state index is -0.0196. The fourth-order valence-corrected chi connectivity index (χ4v) is 3.86. The van der Waals surface area contributed by atoms with Crippen molar-refractivity contribution in [3.63, 3.8) is 0 Å². The maximum absolute atomic E-state index is 6.32. The van der Waals surface area contributed by atoms with Crippen LogP contribution in [0.1, 0.15) is 31.0 Å². The molecule has 2 atom stereocenters. The maximum Gasteiger partial charge on any atom is 0.191 e. The molecule has 3 rings (SSSR count). The molecule has 0 saturated carbocycles. The van der Waals surface area contributed by atoms with E-state index in [0.29, 0.717) is 22.5 Å². The normalized spacial score (nSPS) is 17.8. The molecular weight excluding hydrogens is 536 g/mol. The van der Waals surface area contributed by atoms with Gasteiger partial charge in [-0.2, -0.15) is 0 Å². The Labute approximate surface area is 205 Å². The molecular formula is C21H28Cl2IN5O. The van der Waals surface area contributed by atoms with Gasteiger partial charge >= 0.3 is 0 Å². The lowest BCUT2D eigenvalue weighted by atomic mass is 10.1. The zero-order valence-electron chi connectivity index (χ0n) is 17.4. The highest BCUT2D eigenvalue weighted by Crippen LogP contribution is 2.26. The second kappa shape index (κ2) is 11.9. The lowest BCUT2D eigenvalue weighted by Crippen LogP contribution is -2.41. The minimum Gasteiger partial charge on any atom is -0.375 e. The van der Waals surface area contributed by atoms with Gasteiger partial charge in [-0.1, -0.05) is 29.3 Å². The van der Waals surface area contributed by atoms with E-state index in [1.807, 2.05) is 31.3 Å². The van der Waals surface area contributed by atoms with Crippen molar-refractivity contribution in [3.05, 3.63) is 57.7 Å². The monoisotopic (exact) mass is 563 g/mol. The summed E-state index contributed by atoms with van der Waals surface area (Å²) in [5.74, 6) is 1.67. The van der Waals surface area contributed by atoms with Crippen molar-refractivity contribution >= 4 is 59.0 Å². The molecule has 1 aromatic carbocycles. The van der Waals surface area contributed by atoms with Gasteiger partial charge in [-0.05, 0) is 49.2 Å². The van der Waals surface area contributed by atoms with E-state index in [0.717, 1.165) is 36.6 Å². The van der Waals surface area contributed by atoms with Crippen molar-refractivity contribution in [1.29, 1.82) is 0 Å². The Bertz CT molecular complexity index is 867. The number of nitrogens with one attached hydrogen (secondary N) is 2. The molecule has 1 aliphatic rings. The summed E-state index contributed by atoms with van der Waals surface area (Å²) in [6.45, 7) is 7.19. The molecule has 1 aromatic heterocycles. The zero-order chi connectivity index (χ0) is 20.8. The van der Waals surface area contributed by atoms with E-state index in [1.165, 1.54) is 0 Å². The summed E-state index contributed by atoms with van der Waals surface area (Å²) in [5, 5.41) is 7.97. The standard InChI is InChI=1S/C21H27Cl2N5O.HI/c1-14-13-28(8-9-29-14)20-10-16(6-7-25-20)12-26-21(24-3)27-15(2)18-5-4-17(22)11-19(18)23;/h4-7,10-11,14-15H,8-9,12-13H2,1-3H3,(H2,24,26,27);1H. The van der Waals surface area contributed by atoms with Crippen molar-refractivity contribution in [1.82, 2.24) is 15.6 Å². The second-order valence-electron chi connectivity index (χ2n) is 7.11. The van der Waals surface area contributed by atoms with Gasteiger partial charge in [-0.25, -0.2) is 4.98 Å². The van der Waals surface area contributed by atoms with Gasteiger partial charge in [0, 0.05) is 42.9 Å². The number of benzene rings is 1. The van der Waals surface area contributed by atoms with Crippen LogP contribution >= 0.6 is 47.2 Å². The third-order valence-corrected chi connectivity index (χ3v) is 5.40. The molecule has 0 radical (unpaired) electrons. The highest BCUT2D eigenvalue weighted by molar-refractivity contribution is 14.0. The number of anilines is 1. The Morgan fingerprint density at radius 1 is 1.33 bits per heavy atom. The minimum absolute atomic E-state index is 0. The molecule has 164 valence electrons. The Morgan fingerprint density at radius 3 is 2.83 bits per heavy atom. The molecule has 2 N–H and O–H groups in total. The first-order valence-electron chi connectivity index (χ1n) is 9.70. The summed E-state index contributed by atoms with van der Waals surface area (Å²) in [7, 11) is 1.75. The van der Waals surface area contributed by atoms with Crippen LogP contribution in [0.3, 0.4) is 0 Å². The lowest BCUT2D eigenvalue weighted by Gasteiger charge is -2.32. The van der Waals surface area contributed by atoms with Crippen LogP contribution in [-0.4, -0.2) is 43.8 Å². The molecule has 0 amide bonds. The molecule has 2 aromatic rings. The predicted octanol–water partition coefficient (Wildman–Crippen LogP) is 4.66. The number of hydrogen-bond acceptors (Lipinski definition) is 4. The van der Waals surface area contributed by atoms with Crippen LogP contribution in [0.5, 0.6) is 0 Å². The van der Waals surface area contributed by atoms with E-state index in [-0.39, 0.29) is 36.1 Å². The number of guanidine groups is 1. The van der Waals surface area contributed by atoms with Crippen LogP contribution in [0, 0.1) is 0 Å². The Hall–Kier alpha value is -1.29. The molecule has 1 fully saturated rings. The average molecular weight is 564 g/mol. The van der Waals surface area contributed by atoms with Crippen LogP contribution in [0.4, 0.5) is 5.82 Å². The SMILES string of the molecule is CN=C(NCc1ccnc(N2CCOC(C)C2)c1)NC(C)c1ccc(Cl)cc1Cl.I.